The lowest BCUT2D eigenvalue weighted by Crippen LogP contribution is -2.48. The van der Waals surface area contributed by atoms with Gasteiger partial charge >= 0.3 is 0 Å². The lowest BCUT2D eigenvalue weighted by Gasteiger charge is -2.35. The first kappa shape index (κ1) is 15.6. The molecule has 0 bridgehead atoms. The number of hydrogen-bond acceptors (Lipinski definition) is 5. The molecule has 1 aliphatic rings. The molecule has 1 unspecified atom stereocenters. The molecule has 5 heteroatoms. The van der Waals surface area contributed by atoms with Gasteiger partial charge in [0.15, 0.2) is 0 Å². The molecule has 2 heterocycles. The smallest absolute Gasteiger partial charge is 0.0897 e. The van der Waals surface area contributed by atoms with Gasteiger partial charge in [-0.1, -0.05) is 6.08 Å². The van der Waals surface area contributed by atoms with Gasteiger partial charge in [-0.2, -0.15) is 0 Å². The minimum atomic E-state index is -0.222. The summed E-state index contributed by atoms with van der Waals surface area (Å²) in [6.45, 7) is 11.7. The van der Waals surface area contributed by atoms with Gasteiger partial charge in [0.2, 0.25) is 0 Å². The van der Waals surface area contributed by atoms with Crippen molar-refractivity contribution in [3.05, 3.63) is 28.7 Å². The van der Waals surface area contributed by atoms with Crippen LogP contribution in [0, 0.1) is 6.92 Å². The Morgan fingerprint density at radius 3 is 2.70 bits per heavy atom. The van der Waals surface area contributed by atoms with Crippen molar-refractivity contribution in [2.45, 2.75) is 32.4 Å². The molecule has 1 aromatic rings. The molecule has 0 aromatic carbocycles. The maximum atomic E-state index is 9.92. The van der Waals surface area contributed by atoms with Gasteiger partial charge in [-0.05, 0) is 19.8 Å². The Morgan fingerprint density at radius 1 is 1.40 bits per heavy atom. The van der Waals surface area contributed by atoms with E-state index in [1.54, 1.807) is 11.3 Å². The van der Waals surface area contributed by atoms with E-state index in [2.05, 4.69) is 33.7 Å². The Bertz CT molecular complexity index is 413. The van der Waals surface area contributed by atoms with E-state index in [1.807, 2.05) is 6.08 Å². The van der Waals surface area contributed by atoms with Crippen molar-refractivity contribution in [2.75, 3.05) is 32.7 Å². The minimum Gasteiger partial charge on any atom is -0.392 e. The number of aromatic nitrogens is 1. The highest BCUT2D eigenvalue weighted by Crippen LogP contribution is 2.12. The first-order valence-corrected chi connectivity index (χ1v) is 8.20. The molecule has 1 atom stereocenters. The van der Waals surface area contributed by atoms with E-state index in [4.69, 9.17) is 0 Å². The van der Waals surface area contributed by atoms with Crippen LogP contribution in [0.3, 0.4) is 0 Å². The molecule has 0 radical (unpaired) electrons. The summed E-state index contributed by atoms with van der Waals surface area (Å²) in [6.07, 6.45) is 3.36. The van der Waals surface area contributed by atoms with Crippen LogP contribution >= 0.6 is 11.3 Å². The third-order valence-corrected chi connectivity index (χ3v) is 4.51. The summed E-state index contributed by atoms with van der Waals surface area (Å²) in [5, 5.41) is 13.2. The van der Waals surface area contributed by atoms with Crippen LogP contribution in [0.1, 0.15) is 23.5 Å². The van der Waals surface area contributed by atoms with Crippen LogP contribution in [0.25, 0.3) is 0 Å². The van der Waals surface area contributed by atoms with Gasteiger partial charge in [0.1, 0.15) is 0 Å². The van der Waals surface area contributed by atoms with Crippen LogP contribution in [0.2, 0.25) is 0 Å². The monoisotopic (exact) mass is 295 g/mol. The van der Waals surface area contributed by atoms with E-state index in [9.17, 15) is 5.11 Å². The molecule has 1 fully saturated rings. The fourth-order valence-electron chi connectivity index (χ4n) is 2.54. The Balaban J connectivity index is 1.68. The number of allylic oxidation sites excluding steroid dienone is 1. The van der Waals surface area contributed by atoms with Gasteiger partial charge in [-0.25, -0.2) is 4.98 Å². The zero-order valence-electron chi connectivity index (χ0n) is 12.3. The zero-order valence-corrected chi connectivity index (χ0v) is 13.1. The highest BCUT2D eigenvalue weighted by Gasteiger charge is 2.19. The number of aliphatic hydroxyl groups is 1. The van der Waals surface area contributed by atoms with Crippen LogP contribution in [-0.4, -0.2) is 58.7 Å². The molecule has 20 heavy (non-hydrogen) atoms. The molecular weight excluding hydrogens is 270 g/mol. The second-order valence-electron chi connectivity index (χ2n) is 5.45. The van der Waals surface area contributed by atoms with E-state index in [-0.39, 0.29) is 6.10 Å². The van der Waals surface area contributed by atoms with Crippen LogP contribution in [-0.2, 0) is 6.54 Å². The number of aliphatic hydroxyl groups excluding tert-OH is 1. The van der Waals surface area contributed by atoms with Crippen LogP contribution < -0.4 is 0 Å². The number of piperazine rings is 1. The van der Waals surface area contributed by atoms with Gasteiger partial charge < -0.3 is 5.11 Å². The summed E-state index contributed by atoms with van der Waals surface area (Å²) in [4.78, 5) is 9.32. The Hall–Kier alpha value is -0.750. The molecule has 1 saturated heterocycles. The van der Waals surface area contributed by atoms with Gasteiger partial charge in [-0.3, -0.25) is 9.80 Å². The maximum Gasteiger partial charge on any atom is 0.0897 e. The van der Waals surface area contributed by atoms with Crippen molar-refractivity contribution in [3.63, 3.8) is 0 Å². The standard InChI is InChI=1S/C15H25N3OS/c1-3-4-5-15(19)11-18-8-6-17(7-9-18)10-14-12-20-13(2)16-14/h3,12,15,19H,1,4-11H2,2H3. The Labute approximate surface area is 125 Å². The Morgan fingerprint density at radius 2 is 2.10 bits per heavy atom. The van der Waals surface area contributed by atoms with Crippen LogP contribution in [0.4, 0.5) is 0 Å². The van der Waals surface area contributed by atoms with E-state index < -0.39 is 0 Å². The summed E-state index contributed by atoms with van der Waals surface area (Å²) >= 11 is 1.72. The largest absolute Gasteiger partial charge is 0.392 e. The molecule has 112 valence electrons. The average Bonchev–Trinajstić information content (AvgIpc) is 2.84. The molecule has 0 spiro atoms. The second-order valence-corrected chi connectivity index (χ2v) is 6.52. The lowest BCUT2D eigenvalue weighted by molar-refractivity contribution is 0.0665. The topological polar surface area (TPSA) is 39.6 Å². The average molecular weight is 295 g/mol. The van der Waals surface area contributed by atoms with Crippen molar-refractivity contribution in [1.82, 2.24) is 14.8 Å². The quantitative estimate of drug-likeness (QED) is 0.780. The number of nitrogens with zero attached hydrogens (tertiary/aromatic N) is 3. The number of thiazole rings is 1. The summed E-state index contributed by atoms with van der Waals surface area (Å²) in [5.74, 6) is 0. The fraction of sp³-hybridized carbons (Fsp3) is 0.667. The molecule has 1 aromatic heterocycles. The normalized spacial score (nSPS) is 19.1. The highest BCUT2D eigenvalue weighted by molar-refractivity contribution is 7.09. The number of hydrogen-bond donors (Lipinski definition) is 1. The molecule has 2 rings (SSSR count). The van der Waals surface area contributed by atoms with Gasteiger partial charge in [0, 0.05) is 44.6 Å². The third kappa shape index (κ3) is 4.98. The summed E-state index contributed by atoms with van der Waals surface area (Å²) in [6, 6.07) is 0. The van der Waals surface area contributed by atoms with Crippen molar-refractivity contribution in [3.8, 4) is 0 Å². The molecule has 1 aliphatic heterocycles. The molecule has 1 N–H and O–H groups in total. The maximum absolute atomic E-state index is 9.92. The SMILES string of the molecule is C=CCCC(O)CN1CCN(Cc2csc(C)n2)CC1. The van der Waals surface area contributed by atoms with Crippen molar-refractivity contribution < 1.29 is 5.11 Å². The van der Waals surface area contributed by atoms with Crippen molar-refractivity contribution >= 4 is 11.3 Å². The first-order valence-electron chi connectivity index (χ1n) is 7.32. The Kier molecular flexibility index (Phi) is 6.16. The third-order valence-electron chi connectivity index (χ3n) is 3.69. The van der Waals surface area contributed by atoms with Gasteiger partial charge in [0.05, 0.1) is 16.8 Å². The number of rotatable bonds is 7. The lowest BCUT2D eigenvalue weighted by atomic mass is 10.1. The van der Waals surface area contributed by atoms with Crippen LogP contribution in [0.15, 0.2) is 18.0 Å². The van der Waals surface area contributed by atoms with Gasteiger partial charge in [-0.15, -0.1) is 17.9 Å². The molecule has 4 nitrogen and oxygen atoms in total. The predicted molar refractivity (Wildman–Crippen MR) is 84.0 cm³/mol. The van der Waals surface area contributed by atoms with E-state index in [1.165, 1.54) is 5.69 Å². The molecule has 0 saturated carbocycles. The van der Waals surface area contributed by atoms with E-state index >= 15 is 0 Å². The molecular formula is C15H25N3OS. The second kappa shape index (κ2) is 7.88. The van der Waals surface area contributed by atoms with Gasteiger partial charge in [0.25, 0.3) is 0 Å². The van der Waals surface area contributed by atoms with Crippen molar-refractivity contribution in [2.24, 2.45) is 0 Å². The van der Waals surface area contributed by atoms with E-state index in [0.717, 1.165) is 57.1 Å². The van der Waals surface area contributed by atoms with E-state index in [0.29, 0.717) is 0 Å². The summed E-state index contributed by atoms with van der Waals surface area (Å²) in [7, 11) is 0. The molecule has 0 amide bonds. The summed E-state index contributed by atoms with van der Waals surface area (Å²) < 4.78 is 0. The first-order chi connectivity index (χ1) is 9.67. The van der Waals surface area contributed by atoms with Crippen LogP contribution in [0.5, 0.6) is 0 Å². The molecule has 0 aliphatic carbocycles. The highest BCUT2D eigenvalue weighted by atomic mass is 32.1. The minimum absolute atomic E-state index is 0.222. The fourth-order valence-corrected chi connectivity index (χ4v) is 3.14. The number of β-amino-alcohol motifs (C(OH)–C–C–N with tert-alkyl or cyclic N) is 1. The number of aryl methyl sites for hydroxylation is 1. The van der Waals surface area contributed by atoms with Crippen molar-refractivity contribution in [1.29, 1.82) is 0 Å². The summed E-state index contributed by atoms with van der Waals surface area (Å²) in [5.41, 5.74) is 1.19. The predicted octanol–water partition coefficient (Wildman–Crippen LogP) is 1.90. The zero-order chi connectivity index (χ0) is 14.4.